The quantitative estimate of drug-likeness (QED) is 0.466. The number of aliphatic hydroxyl groups is 1. The molecule has 0 saturated heterocycles. The third kappa shape index (κ3) is 137. The lowest BCUT2D eigenvalue weighted by Gasteiger charge is -1.84. The topological polar surface area (TPSA) is 92.8 Å². The second-order valence-electron chi connectivity index (χ2n) is 1.05. The molecular weight excluding hydrogens is 126 g/mol. The van der Waals surface area contributed by atoms with Gasteiger partial charge in [0.1, 0.15) is 0 Å². The molecule has 0 unspecified atom stereocenters. The Balaban J connectivity index is 0. The number of carboxylic acid groups (broad SMARTS) is 1. The predicted molar refractivity (Wildman–Crippen MR) is 31.2 cm³/mol. The zero-order chi connectivity index (χ0) is 7.70. The maximum absolute atomic E-state index is 8.78. The minimum atomic E-state index is -1.33. The lowest BCUT2D eigenvalue weighted by atomic mass is 10.8. The highest BCUT2D eigenvalue weighted by Crippen LogP contribution is 1.56. The molecular formula is C4H11NO4. The van der Waals surface area contributed by atoms with E-state index in [4.69, 9.17) is 15.0 Å². The van der Waals surface area contributed by atoms with Gasteiger partial charge in [-0.1, -0.05) is 0 Å². The number of methoxy groups -OCH3 is 1. The molecule has 0 aromatic carbocycles. The van der Waals surface area contributed by atoms with Gasteiger partial charge >= 0.3 is 6.09 Å². The maximum atomic E-state index is 8.78. The number of primary amides is 1. The minimum absolute atomic E-state index is 0.122. The van der Waals surface area contributed by atoms with Crippen molar-refractivity contribution in [2.45, 2.75) is 0 Å². The van der Waals surface area contributed by atoms with Gasteiger partial charge in [-0.2, -0.15) is 0 Å². The summed E-state index contributed by atoms with van der Waals surface area (Å²) < 4.78 is 4.44. The van der Waals surface area contributed by atoms with Gasteiger partial charge in [0, 0.05) is 7.11 Å². The van der Waals surface area contributed by atoms with Crippen LogP contribution in [0.1, 0.15) is 0 Å². The molecule has 0 saturated carbocycles. The molecule has 0 aliphatic heterocycles. The molecule has 1 amide bonds. The molecule has 0 atom stereocenters. The van der Waals surface area contributed by atoms with Gasteiger partial charge in [-0.3, -0.25) is 0 Å². The highest BCUT2D eigenvalue weighted by molar-refractivity contribution is 5.61. The Labute approximate surface area is 53.0 Å². The summed E-state index contributed by atoms with van der Waals surface area (Å²) in [4.78, 5) is 8.78. The summed E-state index contributed by atoms with van der Waals surface area (Å²) in [6.45, 7) is 0.566. The van der Waals surface area contributed by atoms with Crippen molar-refractivity contribution >= 4 is 6.09 Å². The van der Waals surface area contributed by atoms with E-state index in [0.29, 0.717) is 6.61 Å². The van der Waals surface area contributed by atoms with Gasteiger partial charge in [-0.05, 0) is 0 Å². The monoisotopic (exact) mass is 137 g/mol. The Morgan fingerprint density at radius 3 is 2.11 bits per heavy atom. The van der Waals surface area contributed by atoms with Crippen LogP contribution in [-0.2, 0) is 4.74 Å². The smallest absolute Gasteiger partial charge is 0.402 e. The van der Waals surface area contributed by atoms with Crippen LogP contribution in [0.5, 0.6) is 0 Å². The zero-order valence-electron chi connectivity index (χ0n) is 5.20. The first kappa shape index (κ1) is 11.0. The summed E-state index contributed by atoms with van der Waals surface area (Å²) in [5.74, 6) is 0. The summed E-state index contributed by atoms with van der Waals surface area (Å²) >= 11 is 0. The van der Waals surface area contributed by atoms with Crippen LogP contribution < -0.4 is 5.73 Å². The molecule has 5 nitrogen and oxygen atoms in total. The Kier molecular flexibility index (Phi) is 12.6. The molecule has 0 heterocycles. The van der Waals surface area contributed by atoms with Gasteiger partial charge in [0.05, 0.1) is 13.2 Å². The van der Waals surface area contributed by atoms with Crippen LogP contribution in [0.3, 0.4) is 0 Å². The van der Waals surface area contributed by atoms with Crippen LogP contribution in [0.25, 0.3) is 0 Å². The van der Waals surface area contributed by atoms with Crippen molar-refractivity contribution in [1.82, 2.24) is 0 Å². The van der Waals surface area contributed by atoms with E-state index in [9.17, 15) is 0 Å². The van der Waals surface area contributed by atoms with Crippen LogP contribution in [-0.4, -0.2) is 36.6 Å². The number of rotatable bonds is 2. The van der Waals surface area contributed by atoms with E-state index < -0.39 is 6.09 Å². The number of hydrogen-bond donors (Lipinski definition) is 3. The van der Waals surface area contributed by atoms with Gasteiger partial charge in [-0.25, -0.2) is 4.79 Å². The van der Waals surface area contributed by atoms with Crippen molar-refractivity contribution in [3.05, 3.63) is 0 Å². The first-order chi connectivity index (χ1) is 4.15. The molecule has 0 aliphatic rings. The summed E-state index contributed by atoms with van der Waals surface area (Å²) in [5, 5.41) is 15.1. The summed E-state index contributed by atoms with van der Waals surface area (Å²) in [5.41, 5.74) is 4.03. The summed E-state index contributed by atoms with van der Waals surface area (Å²) in [6.07, 6.45) is -1.33. The van der Waals surface area contributed by atoms with Crippen molar-refractivity contribution in [3.63, 3.8) is 0 Å². The Bertz CT molecular complexity index is 59.6. The molecule has 0 spiro atoms. The molecule has 56 valence electrons. The van der Waals surface area contributed by atoms with E-state index in [1.165, 1.54) is 0 Å². The Morgan fingerprint density at radius 1 is 1.78 bits per heavy atom. The molecule has 0 aromatic heterocycles. The number of carbonyl (C=O) groups is 1. The molecule has 0 rings (SSSR count). The molecule has 0 bridgehead atoms. The molecule has 0 aromatic rings. The van der Waals surface area contributed by atoms with Gasteiger partial charge in [0.15, 0.2) is 0 Å². The summed E-state index contributed by atoms with van der Waals surface area (Å²) in [6, 6.07) is 0. The highest BCUT2D eigenvalue weighted by atomic mass is 16.5. The van der Waals surface area contributed by atoms with Crippen molar-refractivity contribution in [3.8, 4) is 0 Å². The van der Waals surface area contributed by atoms with Crippen molar-refractivity contribution in [1.29, 1.82) is 0 Å². The number of aliphatic hydroxyl groups excluding tert-OH is 1. The van der Waals surface area contributed by atoms with Crippen molar-refractivity contribution in [2.24, 2.45) is 5.73 Å². The SMILES string of the molecule is COCCO.NC(=O)O. The van der Waals surface area contributed by atoms with Gasteiger partial charge < -0.3 is 20.7 Å². The first-order valence-corrected chi connectivity index (χ1v) is 2.23. The van der Waals surface area contributed by atoms with E-state index >= 15 is 0 Å². The molecule has 0 fully saturated rings. The lowest BCUT2D eigenvalue weighted by Crippen LogP contribution is -2.03. The molecule has 5 heteroatoms. The second-order valence-corrected chi connectivity index (χ2v) is 1.05. The van der Waals surface area contributed by atoms with Crippen LogP contribution in [0.15, 0.2) is 0 Å². The van der Waals surface area contributed by atoms with E-state index in [2.05, 4.69) is 10.5 Å². The minimum Gasteiger partial charge on any atom is -0.465 e. The molecule has 0 radical (unpaired) electrons. The Hall–Kier alpha value is -0.810. The van der Waals surface area contributed by atoms with E-state index in [-0.39, 0.29) is 6.61 Å². The lowest BCUT2D eigenvalue weighted by molar-refractivity contribution is 0.135. The predicted octanol–water partition coefficient (Wildman–Crippen LogP) is -0.752. The van der Waals surface area contributed by atoms with Crippen LogP contribution >= 0.6 is 0 Å². The van der Waals surface area contributed by atoms with Crippen LogP contribution in [0.4, 0.5) is 4.79 Å². The third-order valence-corrected chi connectivity index (χ3v) is 0.295. The number of hydrogen-bond acceptors (Lipinski definition) is 3. The largest absolute Gasteiger partial charge is 0.465 e. The highest BCUT2D eigenvalue weighted by Gasteiger charge is 1.67. The third-order valence-electron chi connectivity index (χ3n) is 0.295. The fourth-order valence-electron chi connectivity index (χ4n) is 0.0913. The zero-order valence-corrected chi connectivity index (χ0v) is 5.20. The maximum Gasteiger partial charge on any atom is 0.402 e. The van der Waals surface area contributed by atoms with E-state index in [1.54, 1.807) is 7.11 Å². The number of nitrogens with two attached hydrogens (primary N) is 1. The average molecular weight is 137 g/mol. The van der Waals surface area contributed by atoms with Crippen LogP contribution in [0.2, 0.25) is 0 Å². The summed E-state index contributed by atoms with van der Waals surface area (Å²) in [7, 11) is 1.55. The molecule has 9 heavy (non-hydrogen) atoms. The van der Waals surface area contributed by atoms with Crippen molar-refractivity contribution in [2.75, 3.05) is 20.3 Å². The second kappa shape index (κ2) is 10.2. The fraction of sp³-hybridized carbons (Fsp3) is 0.750. The Morgan fingerprint density at radius 2 is 2.11 bits per heavy atom. The fourth-order valence-corrected chi connectivity index (χ4v) is 0.0913. The van der Waals surface area contributed by atoms with Crippen molar-refractivity contribution < 1.29 is 19.7 Å². The molecule has 4 N–H and O–H groups in total. The normalized spacial score (nSPS) is 7.33. The average Bonchev–Trinajstić information content (AvgIpc) is 1.66. The molecule has 0 aliphatic carbocycles. The standard InChI is InChI=1S/C3H8O2.CH3NO2/c1-5-3-2-4;2-1(3)4/h4H,2-3H2,1H3;2H2,(H,3,4). The van der Waals surface area contributed by atoms with Crippen LogP contribution in [0, 0.1) is 0 Å². The van der Waals surface area contributed by atoms with E-state index in [1.807, 2.05) is 0 Å². The van der Waals surface area contributed by atoms with Gasteiger partial charge in [0.2, 0.25) is 0 Å². The van der Waals surface area contributed by atoms with E-state index in [0.717, 1.165) is 0 Å². The van der Waals surface area contributed by atoms with Gasteiger partial charge in [0.25, 0.3) is 0 Å². The first-order valence-electron chi connectivity index (χ1n) is 2.23. The number of amides is 1. The van der Waals surface area contributed by atoms with Gasteiger partial charge in [-0.15, -0.1) is 0 Å². The number of ether oxygens (including phenoxy) is 1.